The van der Waals surface area contributed by atoms with E-state index < -0.39 is 0 Å². The summed E-state index contributed by atoms with van der Waals surface area (Å²) in [6, 6.07) is 9.65. The normalized spacial score (nSPS) is 24.1. The lowest BCUT2D eigenvalue weighted by atomic mass is 9.84. The molecular formula is C17H27N. The molecule has 0 amide bonds. The SMILES string of the molecule is CCC1CCC(NCCc2cccc(C)c2)CC1. The Bertz CT molecular complexity index is 350. The minimum atomic E-state index is 0.776. The van der Waals surface area contributed by atoms with Crippen LogP contribution in [0.15, 0.2) is 24.3 Å². The number of hydrogen-bond donors (Lipinski definition) is 1. The number of benzene rings is 1. The van der Waals surface area contributed by atoms with Gasteiger partial charge in [0.05, 0.1) is 0 Å². The van der Waals surface area contributed by atoms with Gasteiger partial charge in [-0.25, -0.2) is 0 Å². The standard InChI is InChI=1S/C17H27N/c1-3-15-7-9-17(10-8-15)18-12-11-16-6-4-5-14(2)13-16/h4-6,13,15,17-18H,3,7-12H2,1-2H3. The zero-order chi connectivity index (χ0) is 12.8. The van der Waals surface area contributed by atoms with Gasteiger partial charge < -0.3 is 5.32 Å². The van der Waals surface area contributed by atoms with Gasteiger partial charge in [0.25, 0.3) is 0 Å². The van der Waals surface area contributed by atoms with E-state index in [9.17, 15) is 0 Å². The minimum Gasteiger partial charge on any atom is -0.314 e. The molecule has 0 atom stereocenters. The molecule has 2 rings (SSSR count). The Morgan fingerprint density at radius 1 is 1.17 bits per heavy atom. The Balaban J connectivity index is 1.67. The maximum absolute atomic E-state index is 3.73. The van der Waals surface area contributed by atoms with E-state index >= 15 is 0 Å². The molecular weight excluding hydrogens is 218 g/mol. The van der Waals surface area contributed by atoms with Gasteiger partial charge in [-0.15, -0.1) is 0 Å². The molecule has 100 valence electrons. The molecule has 18 heavy (non-hydrogen) atoms. The average Bonchev–Trinajstić information content (AvgIpc) is 2.40. The second kappa shape index (κ2) is 6.94. The van der Waals surface area contributed by atoms with E-state index in [2.05, 4.69) is 43.4 Å². The molecule has 1 heteroatoms. The van der Waals surface area contributed by atoms with Gasteiger partial charge in [-0.2, -0.15) is 0 Å². The van der Waals surface area contributed by atoms with Crippen molar-refractivity contribution in [2.45, 2.75) is 58.4 Å². The summed E-state index contributed by atoms with van der Waals surface area (Å²) in [7, 11) is 0. The molecule has 0 unspecified atom stereocenters. The molecule has 0 aromatic heterocycles. The molecule has 1 nitrogen and oxygen atoms in total. The Kier molecular flexibility index (Phi) is 5.25. The Morgan fingerprint density at radius 2 is 1.94 bits per heavy atom. The second-order valence-corrected chi connectivity index (χ2v) is 5.82. The summed E-state index contributed by atoms with van der Waals surface area (Å²) < 4.78 is 0. The van der Waals surface area contributed by atoms with Gasteiger partial charge in [-0.1, -0.05) is 43.2 Å². The van der Waals surface area contributed by atoms with Crippen LogP contribution in [0.5, 0.6) is 0 Å². The quantitative estimate of drug-likeness (QED) is 0.823. The molecule has 1 aliphatic rings. The van der Waals surface area contributed by atoms with Crippen LogP contribution in [0, 0.1) is 12.8 Å². The summed E-state index contributed by atoms with van der Waals surface area (Å²) in [4.78, 5) is 0. The van der Waals surface area contributed by atoms with Crippen molar-refractivity contribution in [2.75, 3.05) is 6.54 Å². The first-order chi connectivity index (χ1) is 8.78. The number of hydrogen-bond acceptors (Lipinski definition) is 1. The molecule has 1 saturated carbocycles. The third-order valence-electron chi connectivity index (χ3n) is 4.35. The van der Waals surface area contributed by atoms with Crippen LogP contribution >= 0.6 is 0 Å². The number of nitrogens with one attached hydrogen (secondary N) is 1. The predicted octanol–water partition coefficient (Wildman–Crippen LogP) is 4.10. The van der Waals surface area contributed by atoms with E-state index in [1.165, 1.54) is 43.2 Å². The van der Waals surface area contributed by atoms with Crippen molar-refractivity contribution >= 4 is 0 Å². The molecule has 0 aliphatic heterocycles. The van der Waals surface area contributed by atoms with Gasteiger partial charge in [0.15, 0.2) is 0 Å². The molecule has 0 radical (unpaired) electrons. The Hall–Kier alpha value is -0.820. The summed E-state index contributed by atoms with van der Waals surface area (Å²) in [6.45, 7) is 5.63. The summed E-state index contributed by atoms with van der Waals surface area (Å²) in [5.41, 5.74) is 2.83. The Morgan fingerprint density at radius 3 is 2.61 bits per heavy atom. The summed E-state index contributed by atoms with van der Waals surface area (Å²) in [5.74, 6) is 1.000. The summed E-state index contributed by atoms with van der Waals surface area (Å²) >= 11 is 0. The highest BCUT2D eigenvalue weighted by atomic mass is 14.9. The average molecular weight is 245 g/mol. The van der Waals surface area contributed by atoms with Crippen molar-refractivity contribution < 1.29 is 0 Å². The Labute approximate surface area is 112 Å². The van der Waals surface area contributed by atoms with Crippen molar-refractivity contribution in [3.63, 3.8) is 0 Å². The van der Waals surface area contributed by atoms with E-state index in [4.69, 9.17) is 0 Å². The van der Waals surface area contributed by atoms with Gasteiger partial charge in [0.2, 0.25) is 0 Å². The monoisotopic (exact) mass is 245 g/mol. The zero-order valence-electron chi connectivity index (χ0n) is 11.9. The molecule has 0 heterocycles. The van der Waals surface area contributed by atoms with E-state index in [1.807, 2.05) is 0 Å². The van der Waals surface area contributed by atoms with Crippen molar-refractivity contribution in [3.05, 3.63) is 35.4 Å². The smallest absolute Gasteiger partial charge is 0.00673 e. The molecule has 1 aliphatic carbocycles. The first-order valence-corrected chi connectivity index (χ1v) is 7.57. The van der Waals surface area contributed by atoms with E-state index in [0.717, 1.165) is 24.9 Å². The second-order valence-electron chi connectivity index (χ2n) is 5.82. The lowest BCUT2D eigenvalue weighted by molar-refractivity contribution is 0.287. The molecule has 1 fully saturated rings. The van der Waals surface area contributed by atoms with Crippen LogP contribution in [-0.4, -0.2) is 12.6 Å². The molecule has 0 spiro atoms. The molecule has 1 N–H and O–H groups in total. The third kappa shape index (κ3) is 4.13. The van der Waals surface area contributed by atoms with Crippen molar-refractivity contribution in [1.29, 1.82) is 0 Å². The highest BCUT2D eigenvalue weighted by Crippen LogP contribution is 2.26. The lowest BCUT2D eigenvalue weighted by Crippen LogP contribution is -2.34. The maximum Gasteiger partial charge on any atom is 0.00673 e. The summed E-state index contributed by atoms with van der Waals surface area (Å²) in [5, 5.41) is 3.73. The first kappa shape index (κ1) is 13.6. The van der Waals surface area contributed by atoms with Gasteiger partial charge in [0.1, 0.15) is 0 Å². The topological polar surface area (TPSA) is 12.0 Å². The molecule has 0 bridgehead atoms. The van der Waals surface area contributed by atoms with E-state index in [-0.39, 0.29) is 0 Å². The third-order valence-corrected chi connectivity index (χ3v) is 4.35. The molecule has 0 saturated heterocycles. The fourth-order valence-corrected chi connectivity index (χ4v) is 3.06. The van der Waals surface area contributed by atoms with Gasteiger partial charge >= 0.3 is 0 Å². The molecule has 1 aromatic carbocycles. The first-order valence-electron chi connectivity index (χ1n) is 7.57. The lowest BCUT2D eigenvalue weighted by Gasteiger charge is -2.28. The van der Waals surface area contributed by atoms with Crippen molar-refractivity contribution in [3.8, 4) is 0 Å². The van der Waals surface area contributed by atoms with Crippen LogP contribution in [0.3, 0.4) is 0 Å². The van der Waals surface area contributed by atoms with Crippen LogP contribution < -0.4 is 5.32 Å². The van der Waals surface area contributed by atoms with Crippen LogP contribution in [0.1, 0.15) is 50.2 Å². The van der Waals surface area contributed by atoms with Crippen LogP contribution in [0.4, 0.5) is 0 Å². The highest BCUT2D eigenvalue weighted by Gasteiger charge is 2.18. The predicted molar refractivity (Wildman–Crippen MR) is 78.9 cm³/mol. The highest BCUT2D eigenvalue weighted by molar-refractivity contribution is 5.22. The molecule has 1 aromatic rings. The van der Waals surface area contributed by atoms with Crippen LogP contribution in [-0.2, 0) is 6.42 Å². The maximum atomic E-state index is 3.73. The fraction of sp³-hybridized carbons (Fsp3) is 0.647. The van der Waals surface area contributed by atoms with E-state index in [1.54, 1.807) is 0 Å². The number of rotatable bonds is 5. The number of aryl methyl sites for hydroxylation is 1. The van der Waals surface area contributed by atoms with Gasteiger partial charge in [0, 0.05) is 6.04 Å². The summed E-state index contributed by atoms with van der Waals surface area (Å²) in [6.07, 6.45) is 8.15. The fourth-order valence-electron chi connectivity index (χ4n) is 3.06. The van der Waals surface area contributed by atoms with Crippen LogP contribution in [0.2, 0.25) is 0 Å². The zero-order valence-corrected chi connectivity index (χ0v) is 11.9. The van der Waals surface area contributed by atoms with Gasteiger partial charge in [-0.05, 0) is 57.1 Å². The van der Waals surface area contributed by atoms with Gasteiger partial charge in [-0.3, -0.25) is 0 Å². The van der Waals surface area contributed by atoms with Crippen molar-refractivity contribution in [2.24, 2.45) is 5.92 Å². The van der Waals surface area contributed by atoms with Crippen molar-refractivity contribution in [1.82, 2.24) is 5.32 Å². The minimum absolute atomic E-state index is 0.776. The van der Waals surface area contributed by atoms with Crippen LogP contribution in [0.25, 0.3) is 0 Å². The van der Waals surface area contributed by atoms with E-state index in [0.29, 0.717) is 0 Å². The largest absolute Gasteiger partial charge is 0.314 e.